The molecule has 0 aliphatic carbocycles. The highest BCUT2D eigenvalue weighted by atomic mass is 79.9. The van der Waals surface area contributed by atoms with E-state index >= 15 is 0 Å². The molecule has 0 atom stereocenters. The molecular formula is C19H25BrN4O3S. The van der Waals surface area contributed by atoms with Gasteiger partial charge in [-0.05, 0) is 18.1 Å². The molecule has 0 saturated carbocycles. The van der Waals surface area contributed by atoms with Gasteiger partial charge in [0.05, 0.1) is 6.61 Å². The third-order valence-corrected chi connectivity index (χ3v) is 5.23. The van der Waals surface area contributed by atoms with E-state index in [1.165, 1.54) is 11.3 Å². The number of anilines is 1. The first kappa shape index (κ1) is 22.4. The summed E-state index contributed by atoms with van der Waals surface area (Å²) in [7, 11) is 1.59. The van der Waals surface area contributed by atoms with Gasteiger partial charge in [-0.2, -0.15) is 0 Å². The maximum Gasteiger partial charge on any atom is 0.227 e. The number of halogens is 1. The van der Waals surface area contributed by atoms with Crippen LogP contribution in [0.4, 0.5) is 5.13 Å². The Morgan fingerprint density at radius 2 is 2.07 bits per heavy atom. The fourth-order valence-electron chi connectivity index (χ4n) is 2.47. The van der Waals surface area contributed by atoms with Crippen LogP contribution in [-0.2, 0) is 14.3 Å². The lowest BCUT2D eigenvalue weighted by atomic mass is 10.1. The van der Waals surface area contributed by atoms with Gasteiger partial charge in [0.2, 0.25) is 16.9 Å². The minimum absolute atomic E-state index is 0.0349. The fraction of sp³-hybridized carbons (Fsp3) is 0.474. The van der Waals surface area contributed by atoms with Crippen LogP contribution in [0.5, 0.6) is 0 Å². The highest BCUT2D eigenvalue weighted by Gasteiger charge is 2.17. The van der Waals surface area contributed by atoms with Crippen molar-refractivity contribution in [1.82, 2.24) is 15.1 Å². The van der Waals surface area contributed by atoms with Crippen molar-refractivity contribution in [2.45, 2.75) is 26.7 Å². The Labute approximate surface area is 177 Å². The van der Waals surface area contributed by atoms with Crippen LogP contribution in [0.15, 0.2) is 28.7 Å². The van der Waals surface area contributed by atoms with E-state index in [1.54, 1.807) is 12.0 Å². The van der Waals surface area contributed by atoms with Gasteiger partial charge in [-0.25, -0.2) is 0 Å². The van der Waals surface area contributed by atoms with E-state index in [-0.39, 0.29) is 24.2 Å². The Morgan fingerprint density at radius 1 is 1.29 bits per heavy atom. The molecule has 0 radical (unpaired) electrons. The number of hydrogen-bond donors (Lipinski definition) is 1. The summed E-state index contributed by atoms with van der Waals surface area (Å²) in [5, 5.41) is 12.1. The van der Waals surface area contributed by atoms with Crippen molar-refractivity contribution < 1.29 is 14.3 Å². The normalized spacial score (nSPS) is 10.9. The molecule has 0 saturated heterocycles. The molecule has 2 amide bonds. The summed E-state index contributed by atoms with van der Waals surface area (Å²) in [5.74, 6) is 0.105. The first-order chi connectivity index (χ1) is 13.4. The minimum Gasteiger partial charge on any atom is -0.383 e. The Hall–Kier alpha value is -1.84. The summed E-state index contributed by atoms with van der Waals surface area (Å²) in [4.78, 5) is 26.3. The lowest BCUT2D eigenvalue weighted by Crippen LogP contribution is -2.36. The van der Waals surface area contributed by atoms with Gasteiger partial charge in [0.15, 0.2) is 0 Å². The average Bonchev–Trinajstić information content (AvgIpc) is 3.09. The van der Waals surface area contributed by atoms with Gasteiger partial charge in [-0.3, -0.25) is 9.59 Å². The lowest BCUT2D eigenvalue weighted by molar-refractivity contribution is -0.133. The molecule has 28 heavy (non-hydrogen) atoms. The van der Waals surface area contributed by atoms with Crippen molar-refractivity contribution in [2.24, 2.45) is 5.92 Å². The lowest BCUT2D eigenvalue weighted by Gasteiger charge is -2.23. The van der Waals surface area contributed by atoms with Gasteiger partial charge >= 0.3 is 0 Å². The Bertz CT molecular complexity index is 797. The SMILES string of the molecule is COCCN(CCC(=O)Nc1nnc(-c2cccc(Br)c2)s1)C(=O)CC(C)C. The smallest absolute Gasteiger partial charge is 0.227 e. The number of ether oxygens (including phenoxy) is 1. The number of rotatable bonds is 10. The maximum absolute atomic E-state index is 12.3. The maximum atomic E-state index is 12.3. The molecule has 0 spiro atoms. The molecule has 2 rings (SSSR count). The molecule has 0 aliphatic heterocycles. The van der Waals surface area contributed by atoms with E-state index in [4.69, 9.17) is 4.74 Å². The third-order valence-electron chi connectivity index (χ3n) is 3.85. The topological polar surface area (TPSA) is 84.4 Å². The van der Waals surface area contributed by atoms with Crippen LogP contribution in [0.3, 0.4) is 0 Å². The summed E-state index contributed by atoms with van der Waals surface area (Å²) >= 11 is 4.74. The predicted molar refractivity (Wildman–Crippen MR) is 114 cm³/mol. The Balaban J connectivity index is 1.90. The quantitative estimate of drug-likeness (QED) is 0.572. The van der Waals surface area contributed by atoms with E-state index in [9.17, 15) is 9.59 Å². The zero-order valence-electron chi connectivity index (χ0n) is 16.3. The molecule has 1 aromatic carbocycles. The van der Waals surface area contributed by atoms with E-state index < -0.39 is 0 Å². The summed E-state index contributed by atoms with van der Waals surface area (Å²) < 4.78 is 6.02. The molecule has 1 aromatic heterocycles. The average molecular weight is 469 g/mol. The largest absolute Gasteiger partial charge is 0.383 e. The number of nitrogens with zero attached hydrogens (tertiary/aromatic N) is 3. The summed E-state index contributed by atoms with van der Waals surface area (Å²) in [6, 6.07) is 7.73. The summed E-state index contributed by atoms with van der Waals surface area (Å²) in [6.07, 6.45) is 0.650. The molecule has 0 bridgehead atoms. The zero-order chi connectivity index (χ0) is 20.5. The van der Waals surface area contributed by atoms with Gasteiger partial charge in [0.1, 0.15) is 5.01 Å². The monoisotopic (exact) mass is 468 g/mol. The molecule has 2 aromatic rings. The number of benzene rings is 1. The summed E-state index contributed by atoms with van der Waals surface area (Å²) in [6.45, 7) is 5.26. The second-order valence-electron chi connectivity index (χ2n) is 6.69. The van der Waals surface area contributed by atoms with Crippen LogP contribution in [0.1, 0.15) is 26.7 Å². The molecule has 9 heteroatoms. The molecule has 0 unspecified atom stereocenters. The zero-order valence-corrected chi connectivity index (χ0v) is 18.7. The Morgan fingerprint density at radius 3 is 2.75 bits per heavy atom. The van der Waals surface area contributed by atoms with Gasteiger partial charge < -0.3 is 15.0 Å². The number of aromatic nitrogens is 2. The fourth-order valence-corrected chi connectivity index (χ4v) is 3.63. The van der Waals surface area contributed by atoms with Crippen molar-refractivity contribution in [3.05, 3.63) is 28.7 Å². The van der Waals surface area contributed by atoms with E-state index in [0.29, 0.717) is 31.2 Å². The number of carbonyl (C=O) groups is 2. The second-order valence-corrected chi connectivity index (χ2v) is 8.59. The second kappa shape index (κ2) is 11.2. The highest BCUT2D eigenvalue weighted by Crippen LogP contribution is 2.28. The first-order valence-corrected chi connectivity index (χ1v) is 10.7. The van der Waals surface area contributed by atoms with E-state index in [0.717, 1.165) is 15.0 Å². The van der Waals surface area contributed by atoms with Gasteiger partial charge in [0, 0.05) is 43.1 Å². The summed E-state index contributed by atoms with van der Waals surface area (Å²) in [5.41, 5.74) is 0.928. The number of nitrogens with one attached hydrogen (secondary N) is 1. The molecular weight excluding hydrogens is 444 g/mol. The molecule has 0 fully saturated rings. The molecule has 1 heterocycles. The molecule has 1 N–H and O–H groups in total. The highest BCUT2D eigenvalue weighted by molar-refractivity contribution is 9.10. The number of carbonyl (C=O) groups excluding carboxylic acids is 2. The van der Waals surface area contributed by atoms with Gasteiger partial charge in [-0.1, -0.05) is 53.2 Å². The number of methoxy groups -OCH3 is 1. The minimum atomic E-state index is -0.197. The van der Waals surface area contributed by atoms with Crippen molar-refractivity contribution in [3.63, 3.8) is 0 Å². The Kier molecular flexibility index (Phi) is 9.01. The van der Waals surface area contributed by atoms with Crippen molar-refractivity contribution in [2.75, 3.05) is 32.1 Å². The van der Waals surface area contributed by atoms with E-state index in [1.807, 2.05) is 38.1 Å². The number of hydrogen-bond acceptors (Lipinski definition) is 6. The molecule has 152 valence electrons. The predicted octanol–water partition coefficient (Wildman–Crippen LogP) is 3.82. The van der Waals surface area contributed by atoms with Crippen LogP contribution >= 0.6 is 27.3 Å². The van der Waals surface area contributed by atoms with Crippen LogP contribution in [-0.4, -0.2) is 53.7 Å². The van der Waals surface area contributed by atoms with Crippen LogP contribution in [0, 0.1) is 5.92 Å². The molecule has 7 nitrogen and oxygen atoms in total. The standard InChI is InChI=1S/C19H25BrN4O3S/c1-13(2)11-17(26)24(9-10-27-3)8-7-16(25)21-19-23-22-18(28-19)14-5-4-6-15(20)12-14/h4-6,12-13H,7-11H2,1-3H3,(H,21,23,25). The van der Waals surface area contributed by atoms with Gasteiger partial charge in [0.25, 0.3) is 0 Å². The third kappa shape index (κ3) is 7.29. The van der Waals surface area contributed by atoms with Crippen molar-refractivity contribution in [1.29, 1.82) is 0 Å². The number of amides is 2. The van der Waals surface area contributed by atoms with Crippen LogP contribution in [0.25, 0.3) is 10.6 Å². The van der Waals surface area contributed by atoms with Crippen LogP contribution in [0.2, 0.25) is 0 Å². The van der Waals surface area contributed by atoms with Crippen molar-refractivity contribution in [3.8, 4) is 10.6 Å². The first-order valence-electron chi connectivity index (χ1n) is 9.05. The van der Waals surface area contributed by atoms with E-state index in [2.05, 4.69) is 31.4 Å². The molecule has 0 aliphatic rings. The van der Waals surface area contributed by atoms with Crippen LogP contribution < -0.4 is 5.32 Å². The van der Waals surface area contributed by atoms with Crippen molar-refractivity contribution >= 4 is 44.2 Å². The van der Waals surface area contributed by atoms with Gasteiger partial charge in [-0.15, -0.1) is 10.2 Å².